The zero-order valence-corrected chi connectivity index (χ0v) is 20.2. The summed E-state index contributed by atoms with van der Waals surface area (Å²) >= 11 is 6.54. The summed E-state index contributed by atoms with van der Waals surface area (Å²) in [6.45, 7) is 7.58. The number of fused-ring (bicyclic) bond motifs is 1. The van der Waals surface area contributed by atoms with E-state index >= 15 is 0 Å². The largest absolute Gasteiger partial charge is 0.495 e. The van der Waals surface area contributed by atoms with Gasteiger partial charge in [0.05, 0.1) is 18.5 Å². The Morgan fingerprint density at radius 3 is 2.38 bits per heavy atom. The van der Waals surface area contributed by atoms with Crippen LogP contribution in [0.15, 0.2) is 42.5 Å². The van der Waals surface area contributed by atoms with E-state index in [9.17, 15) is 9.59 Å². The number of halogens is 1. The van der Waals surface area contributed by atoms with Crippen LogP contribution in [-0.2, 0) is 10.2 Å². The molecular formula is C24H25ClN6O3. The van der Waals surface area contributed by atoms with Gasteiger partial charge in [0, 0.05) is 29.2 Å². The number of carbonyl (C=O) groups excluding carboxylic acids is 2. The number of H-pyrrole nitrogens is 1. The van der Waals surface area contributed by atoms with Crippen molar-refractivity contribution in [3.63, 3.8) is 0 Å². The number of carbonyl (C=O) groups is 2. The Kier molecular flexibility index (Phi) is 6.05. The SMILES string of the molecule is COc1ccc(-c2nc3c(Cl)c(C(C)(C)C)[nH]n3n2)cc1NC(=O)c1ccc(NC(C)=O)cc1. The standard InChI is InChI=1S/C24H25ClN6O3/c1-13(32)26-16-9-6-14(7-10-16)23(33)27-17-12-15(8-11-18(17)34-5)21-28-22-19(25)20(24(2,3)4)29-31(22)30-21/h6-12,29H,1-5H3,(H,26,32)(H,27,33). The summed E-state index contributed by atoms with van der Waals surface area (Å²) < 4.78 is 6.97. The molecule has 10 heteroatoms. The quantitative estimate of drug-likeness (QED) is 0.376. The maximum Gasteiger partial charge on any atom is 0.255 e. The zero-order valence-electron chi connectivity index (χ0n) is 19.5. The number of benzene rings is 2. The number of nitrogens with one attached hydrogen (secondary N) is 3. The van der Waals surface area contributed by atoms with E-state index in [2.05, 4.69) is 46.6 Å². The first-order valence-electron chi connectivity index (χ1n) is 10.6. The summed E-state index contributed by atoms with van der Waals surface area (Å²) in [4.78, 5) is 28.6. The second kappa shape index (κ2) is 8.83. The number of anilines is 2. The van der Waals surface area contributed by atoms with E-state index in [4.69, 9.17) is 16.3 Å². The van der Waals surface area contributed by atoms with Gasteiger partial charge in [-0.05, 0) is 42.5 Å². The molecule has 2 aromatic carbocycles. The predicted molar refractivity (Wildman–Crippen MR) is 132 cm³/mol. The summed E-state index contributed by atoms with van der Waals surface area (Å²) in [6, 6.07) is 11.9. The Hall–Kier alpha value is -3.85. The van der Waals surface area contributed by atoms with Gasteiger partial charge < -0.3 is 15.4 Å². The van der Waals surface area contributed by atoms with Crippen LogP contribution in [0.5, 0.6) is 5.75 Å². The van der Waals surface area contributed by atoms with Crippen LogP contribution >= 0.6 is 11.6 Å². The van der Waals surface area contributed by atoms with Crippen molar-refractivity contribution in [2.45, 2.75) is 33.1 Å². The number of hydrogen-bond donors (Lipinski definition) is 3. The highest BCUT2D eigenvalue weighted by atomic mass is 35.5. The molecule has 0 aliphatic carbocycles. The fourth-order valence-electron chi connectivity index (χ4n) is 3.47. The van der Waals surface area contributed by atoms with Gasteiger partial charge in [-0.25, -0.2) is 4.98 Å². The van der Waals surface area contributed by atoms with Crippen LogP contribution in [0.4, 0.5) is 11.4 Å². The van der Waals surface area contributed by atoms with E-state index in [1.807, 2.05) is 6.07 Å². The summed E-state index contributed by atoms with van der Waals surface area (Å²) in [5.74, 6) is 0.433. The molecule has 0 aliphatic rings. The van der Waals surface area contributed by atoms with Crippen molar-refractivity contribution in [3.8, 4) is 17.1 Å². The summed E-state index contributed by atoms with van der Waals surface area (Å²) in [5.41, 5.74) is 3.39. The number of aromatic amines is 1. The van der Waals surface area contributed by atoms with Gasteiger partial charge in [0.25, 0.3) is 5.91 Å². The van der Waals surface area contributed by atoms with E-state index in [0.29, 0.717) is 44.7 Å². The molecule has 0 spiro atoms. The maximum atomic E-state index is 12.8. The highest BCUT2D eigenvalue weighted by molar-refractivity contribution is 6.34. The molecule has 0 radical (unpaired) electrons. The number of nitrogens with zero attached hydrogens (tertiary/aromatic N) is 3. The first-order valence-corrected chi connectivity index (χ1v) is 11.0. The third kappa shape index (κ3) is 4.60. The Bertz CT molecular complexity index is 1380. The fourth-order valence-corrected chi connectivity index (χ4v) is 3.91. The van der Waals surface area contributed by atoms with Crippen molar-refractivity contribution in [2.75, 3.05) is 17.7 Å². The van der Waals surface area contributed by atoms with Gasteiger partial charge in [-0.2, -0.15) is 4.63 Å². The molecule has 0 fully saturated rings. The molecule has 4 rings (SSSR count). The lowest BCUT2D eigenvalue weighted by molar-refractivity contribution is -0.114. The summed E-state index contributed by atoms with van der Waals surface area (Å²) in [7, 11) is 1.53. The third-order valence-electron chi connectivity index (χ3n) is 5.16. The van der Waals surface area contributed by atoms with E-state index in [1.54, 1.807) is 41.0 Å². The molecule has 0 unspecified atom stereocenters. The molecule has 2 heterocycles. The summed E-state index contributed by atoms with van der Waals surface area (Å²) in [6.07, 6.45) is 0. The average molecular weight is 481 g/mol. The van der Waals surface area contributed by atoms with Crippen LogP contribution in [0, 0.1) is 0 Å². The highest BCUT2D eigenvalue weighted by Gasteiger charge is 2.24. The minimum absolute atomic E-state index is 0.181. The first-order chi connectivity index (χ1) is 16.1. The van der Waals surface area contributed by atoms with Gasteiger partial charge in [0.15, 0.2) is 11.5 Å². The average Bonchev–Trinajstić information content (AvgIpc) is 3.33. The zero-order chi connectivity index (χ0) is 24.6. The Labute approximate surface area is 201 Å². The maximum absolute atomic E-state index is 12.8. The van der Waals surface area contributed by atoms with Crippen LogP contribution in [0.25, 0.3) is 17.0 Å². The summed E-state index contributed by atoms with van der Waals surface area (Å²) in [5, 5.41) is 13.8. The van der Waals surface area contributed by atoms with Gasteiger partial charge in [-0.15, -0.1) is 5.10 Å². The monoisotopic (exact) mass is 480 g/mol. The Morgan fingerprint density at radius 2 is 1.79 bits per heavy atom. The van der Waals surface area contributed by atoms with Gasteiger partial charge >= 0.3 is 0 Å². The van der Waals surface area contributed by atoms with Crippen molar-refractivity contribution in [1.82, 2.24) is 19.8 Å². The van der Waals surface area contributed by atoms with Gasteiger partial charge in [0.2, 0.25) is 5.91 Å². The minimum Gasteiger partial charge on any atom is -0.495 e. The minimum atomic E-state index is -0.326. The molecule has 0 atom stereocenters. The topological polar surface area (TPSA) is 113 Å². The van der Waals surface area contributed by atoms with Crippen molar-refractivity contribution in [3.05, 3.63) is 58.7 Å². The molecule has 0 saturated carbocycles. The normalized spacial score (nSPS) is 11.5. The van der Waals surface area contributed by atoms with Gasteiger partial charge in [-0.1, -0.05) is 32.4 Å². The van der Waals surface area contributed by atoms with Crippen molar-refractivity contribution >= 4 is 40.4 Å². The van der Waals surface area contributed by atoms with Crippen LogP contribution in [0.1, 0.15) is 43.7 Å². The van der Waals surface area contributed by atoms with Gasteiger partial charge in [0.1, 0.15) is 10.8 Å². The smallest absolute Gasteiger partial charge is 0.255 e. The van der Waals surface area contributed by atoms with E-state index in [1.165, 1.54) is 14.0 Å². The predicted octanol–water partition coefficient (Wildman–Crippen LogP) is 4.89. The second-order valence-corrected chi connectivity index (χ2v) is 9.23. The molecule has 0 saturated heterocycles. The molecule has 34 heavy (non-hydrogen) atoms. The van der Waals surface area contributed by atoms with Crippen molar-refractivity contribution < 1.29 is 14.3 Å². The molecule has 2 aromatic heterocycles. The van der Waals surface area contributed by atoms with Crippen LogP contribution in [0.3, 0.4) is 0 Å². The number of ether oxygens (including phenoxy) is 1. The lowest BCUT2D eigenvalue weighted by Gasteiger charge is -2.16. The molecule has 0 bridgehead atoms. The van der Waals surface area contributed by atoms with Crippen molar-refractivity contribution in [1.29, 1.82) is 0 Å². The molecule has 9 nitrogen and oxygen atoms in total. The number of aromatic nitrogens is 4. The lowest BCUT2D eigenvalue weighted by Crippen LogP contribution is -2.13. The molecule has 2 amide bonds. The van der Waals surface area contributed by atoms with E-state index in [-0.39, 0.29) is 17.2 Å². The van der Waals surface area contributed by atoms with Crippen LogP contribution < -0.4 is 15.4 Å². The second-order valence-electron chi connectivity index (χ2n) is 8.85. The Morgan fingerprint density at radius 1 is 1.09 bits per heavy atom. The number of rotatable bonds is 5. The number of amides is 2. The van der Waals surface area contributed by atoms with E-state index < -0.39 is 0 Å². The molecule has 4 aromatic rings. The molecule has 0 aliphatic heterocycles. The van der Waals surface area contributed by atoms with Crippen molar-refractivity contribution in [2.24, 2.45) is 0 Å². The van der Waals surface area contributed by atoms with E-state index in [0.717, 1.165) is 5.69 Å². The van der Waals surface area contributed by atoms with Crippen LogP contribution in [-0.4, -0.2) is 38.7 Å². The molecular weight excluding hydrogens is 456 g/mol. The number of methoxy groups -OCH3 is 1. The van der Waals surface area contributed by atoms with Crippen LogP contribution in [0.2, 0.25) is 5.02 Å². The highest BCUT2D eigenvalue weighted by Crippen LogP contribution is 2.33. The first kappa shape index (κ1) is 23.3. The molecule has 176 valence electrons. The lowest BCUT2D eigenvalue weighted by atomic mass is 9.92. The third-order valence-corrected chi connectivity index (χ3v) is 5.52. The fraction of sp³-hybridized carbons (Fsp3) is 0.250. The van der Waals surface area contributed by atoms with Gasteiger partial charge in [-0.3, -0.25) is 14.7 Å². The molecule has 3 N–H and O–H groups in total. The number of hydrogen-bond acceptors (Lipinski definition) is 5. The Balaban J connectivity index is 1.62.